The number of allylic oxidation sites excluding steroid dienone is 2. The van der Waals surface area contributed by atoms with Crippen molar-refractivity contribution in [3.63, 3.8) is 0 Å². The van der Waals surface area contributed by atoms with Crippen LogP contribution in [0.2, 0.25) is 0 Å². The minimum absolute atomic E-state index is 0.0153. The van der Waals surface area contributed by atoms with E-state index in [1.54, 1.807) is 0 Å². The van der Waals surface area contributed by atoms with Crippen molar-refractivity contribution >= 4 is 5.97 Å². The smallest absolute Gasteiger partial charge is 0.310 e. The lowest BCUT2D eigenvalue weighted by molar-refractivity contribution is -0.387. The Hall–Kier alpha value is -1.71. The van der Waals surface area contributed by atoms with Crippen LogP contribution in [0, 0.1) is 56.2 Å². The Morgan fingerprint density at radius 3 is 1.68 bits per heavy atom. The number of carboxylic acid groups (broad SMARTS) is 1. The number of hydrogen-bond donors (Lipinski definition) is 15. The van der Waals surface area contributed by atoms with Gasteiger partial charge in [0.15, 0.2) is 25.2 Å². The summed E-state index contributed by atoms with van der Waals surface area (Å²) in [5.74, 6) is -0.729. The Kier molecular flexibility index (Phi) is 18.5. The summed E-state index contributed by atoms with van der Waals surface area (Å²) in [5.41, 5.74) is -0.544. The lowest BCUT2D eigenvalue weighted by Gasteiger charge is -2.71. The number of rotatable bonds is 13. The highest BCUT2D eigenvalue weighted by molar-refractivity contribution is 5.76. The zero-order valence-electron chi connectivity index (χ0n) is 49.4. The van der Waals surface area contributed by atoms with Crippen LogP contribution >= 0.6 is 0 Å². The van der Waals surface area contributed by atoms with E-state index in [4.69, 9.17) is 42.6 Å². The molecule has 10 rings (SSSR count). The summed E-state index contributed by atoms with van der Waals surface area (Å²) in [6.45, 7) is 14.9. The molecule has 25 nitrogen and oxygen atoms in total. The number of carbonyl (C=O) groups is 1. The summed E-state index contributed by atoms with van der Waals surface area (Å²) >= 11 is 0. The second-order valence-electron chi connectivity index (χ2n) is 28.7. The molecular formula is C59H96O25. The summed E-state index contributed by atoms with van der Waals surface area (Å²) in [6.07, 6.45) is -29.8. The highest BCUT2D eigenvalue weighted by atomic mass is 16.8. The average Bonchev–Trinajstić information content (AvgIpc) is 0.705. The lowest BCUT2D eigenvalue weighted by Crippen LogP contribution is -2.68. The first-order valence-corrected chi connectivity index (χ1v) is 30.5. The third-order valence-electron chi connectivity index (χ3n) is 23.5. The minimum atomic E-state index is -2.05. The van der Waals surface area contributed by atoms with Crippen LogP contribution in [0.15, 0.2) is 11.6 Å². The van der Waals surface area contributed by atoms with Gasteiger partial charge in [-0.2, -0.15) is 0 Å². The van der Waals surface area contributed by atoms with Gasteiger partial charge < -0.3 is 119 Å². The van der Waals surface area contributed by atoms with E-state index in [-0.39, 0.29) is 51.9 Å². The normalized spacial score (nSPS) is 54.7. The van der Waals surface area contributed by atoms with Gasteiger partial charge in [-0.3, -0.25) is 4.79 Å². The van der Waals surface area contributed by atoms with Gasteiger partial charge in [0, 0.05) is 0 Å². The molecule has 32 atom stereocenters. The summed E-state index contributed by atoms with van der Waals surface area (Å²) in [4.78, 5) is 13.3. The summed E-state index contributed by atoms with van der Waals surface area (Å²) in [5, 5.41) is 164. The van der Waals surface area contributed by atoms with Crippen LogP contribution in [0.1, 0.15) is 120 Å². The molecule has 0 aromatic carbocycles. The summed E-state index contributed by atoms with van der Waals surface area (Å²) in [6, 6.07) is 0. The first-order chi connectivity index (χ1) is 39.4. The molecule has 5 heterocycles. The molecule has 482 valence electrons. The van der Waals surface area contributed by atoms with Gasteiger partial charge in [0.25, 0.3) is 0 Å². The molecule has 10 aliphatic rings. The third-order valence-corrected chi connectivity index (χ3v) is 23.5. The molecule has 0 amide bonds. The maximum Gasteiger partial charge on any atom is 0.310 e. The number of carboxylic acids is 1. The summed E-state index contributed by atoms with van der Waals surface area (Å²) < 4.78 is 54.6. The van der Waals surface area contributed by atoms with Gasteiger partial charge in [0.05, 0.1) is 44.1 Å². The summed E-state index contributed by atoms with van der Waals surface area (Å²) in [7, 11) is 0. The molecule has 9 fully saturated rings. The zero-order chi connectivity index (χ0) is 61.3. The molecule has 5 saturated heterocycles. The van der Waals surface area contributed by atoms with Crippen LogP contribution in [-0.2, 0) is 47.4 Å². The Bertz CT molecular complexity index is 2340. The standard InChI is InChI=1S/C59H96O25/c1-24-34(63)47(83-51-43(72)40(69)46(30(22-62)80-51)82-50-42(71)39(68)36(65)29(21-61)79-50)44(73)52(77-24)84-48-37(66)31(81-49-41(70)38(67)35(64)28(20-60)78-49)23-76-45(48)26-11-13-56(6)32(55(26,4)5)12-14-58(8)33(56)10-9-25-27-19-54(2,3)15-17-59(27,53(74)75)18-16-57(25,58)7/h9,24,26-52,60-73H,10-23H2,1-8H3,(H,74,75)/t24-,26+,27-,28+,29+,30+,31-,32-,33+,34-,35+,36+,37-,38-,39-,40+,41+,42+,43+,44+,45-,46+,47+,48+,49-,50-,51-,52-,56-,57+,58+,59-/m0/s1. The molecule has 15 N–H and O–H groups in total. The van der Waals surface area contributed by atoms with Gasteiger partial charge in [0.1, 0.15) is 110 Å². The van der Waals surface area contributed by atoms with Crippen molar-refractivity contribution in [2.45, 2.75) is 267 Å². The van der Waals surface area contributed by atoms with E-state index in [2.05, 4.69) is 54.5 Å². The van der Waals surface area contributed by atoms with Crippen LogP contribution in [0.3, 0.4) is 0 Å². The maximum atomic E-state index is 13.3. The maximum absolute atomic E-state index is 13.3. The number of hydrogen-bond acceptors (Lipinski definition) is 24. The van der Waals surface area contributed by atoms with Gasteiger partial charge in [-0.1, -0.05) is 60.1 Å². The molecule has 0 spiro atoms. The highest BCUT2D eigenvalue weighted by Gasteiger charge is 2.70. The number of ether oxygens (including phenoxy) is 9. The van der Waals surface area contributed by atoms with Crippen LogP contribution < -0.4 is 0 Å². The molecule has 84 heavy (non-hydrogen) atoms. The molecule has 0 radical (unpaired) electrons. The largest absolute Gasteiger partial charge is 0.481 e. The van der Waals surface area contributed by atoms with Crippen LogP contribution in [0.4, 0.5) is 0 Å². The number of aliphatic carboxylic acids is 1. The van der Waals surface area contributed by atoms with Gasteiger partial charge in [0.2, 0.25) is 0 Å². The van der Waals surface area contributed by atoms with Crippen molar-refractivity contribution in [1.82, 2.24) is 0 Å². The fourth-order valence-electron chi connectivity index (χ4n) is 18.3. The van der Waals surface area contributed by atoms with Crippen molar-refractivity contribution in [2.75, 3.05) is 26.4 Å². The van der Waals surface area contributed by atoms with Crippen molar-refractivity contribution in [1.29, 1.82) is 0 Å². The SMILES string of the molecule is C[C@@H]1O[C@@H](O[C@@H]2[C@@H](O)[C@@H](O[C@@H]3O[C@H](CO)[C@@H](O)[C@H](O)[C@H]3O)CO[C@H]2[C@H]2CC[C@]3(C)[C@H]4CC=C5[C@@H]6CC(C)(C)CC[C@]6(C(=O)O)CC[C@@]5(C)[C@]4(C)CC[C@H]3C2(C)C)[C@H](O)[C@H](O[C@@H]2O[C@H](CO)[C@@H](O[C@@H]3O[C@H](CO)[C@@H](O)[C@H](O)[C@H]3O)[C@H](O)[C@H]2O)[C@H]1O. The van der Waals surface area contributed by atoms with Gasteiger partial charge in [-0.25, -0.2) is 0 Å². The Morgan fingerprint density at radius 2 is 1.08 bits per heavy atom. The Balaban J connectivity index is 0.910. The Morgan fingerprint density at radius 1 is 0.548 bits per heavy atom. The molecule has 25 heteroatoms. The molecule has 0 aromatic rings. The topological polar surface area (TPSA) is 404 Å². The Labute approximate surface area is 489 Å². The van der Waals surface area contributed by atoms with E-state index in [1.807, 2.05) is 0 Å². The van der Waals surface area contributed by atoms with Crippen molar-refractivity contribution in [3.05, 3.63) is 11.6 Å². The van der Waals surface area contributed by atoms with E-state index in [0.29, 0.717) is 19.3 Å². The average molecular weight is 1210 g/mol. The first kappa shape index (κ1) is 65.2. The predicted molar refractivity (Wildman–Crippen MR) is 287 cm³/mol. The fraction of sp³-hybridized carbons (Fsp3) is 0.949. The van der Waals surface area contributed by atoms with Gasteiger partial charge in [-0.05, 0) is 122 Å². The molecule has 5 aliphatic heterocycles. The van der Waals surface area contributed by atoms with Crippen molar-refractivity contribution in [3.8, 4) is 0 Å². The van der Waals surface area contributed by atoms with E-state index < -0.39 is 184 Å². The van der Waals surface area contributed by atoms with E-state index >= 15 is 0 Å². The number of aliphatic hydroxyl groups is 14. The molecule has 0 unspecified atom stereocenters. The molecule has 4 saturated carbocycles. The monoisotopic (exact) mass is 1200 g/mol. The van der Waals surface area contributed by atoms with Crippen LogP contribution in [-0.4, -0.2) is 256 Å². The van der Waals surface area contributed by atoms with Crippen molar-refractivity contribution < 1.29 is 124 Å². The second kappa shape index (κ2) is 23.8. The fourth-order valence-corrected chi connectivity index (χ4v) is 18.3. The third kappa shape index (κ3) is 10.6. The molecule has 0 aromatic heterocycles. The first-order valence-electron chi connectivity index (χ1n) is 30.5. The zero-order valence-corrected chi connectivity index (χ0v) is 49.4. The van der Waals surface area contributed by atoms with Crippen LogP contribution in [0.25, 0.3) is 0 Å². The number of fused-ring (bicyclic) bond motifs is 7. The highest BCUT2D eigenvalue weighted by Crippen LogP contribution is 2.76. The second-order valence-corrected chi connectivity index (χ2v) is 28.7. The van der Waals surface area contributed by atoms with Crippen LogP contribution in [0.5, 0.6) is 0 Å². The minimum Gasteiger partial charge on any atom is -0.481 e. The number of aliphatic hydroxyl groups excluding tert-OH is 14. The molecule has 5 aliphatic carbocycles. The lowest BCUT2D eigenvalue weighted by atomic mass is 9.33. The van der Waals surface area contributed by atoms with E-state index in [1.165, 1.54) is 12.5 Å². The van der Waals surface area contributed by atoms with Crippen molar-refractivity contribution in [2.24, 2.45) is 56.2 Å². The molecular weight excluding hydrogens is 1110 g/mol. The quantitative estimate of drug-likeness (QED) is 0.0914. The predicted octanol–water partition coefficient (Wildman–Crippen LogP) is -1.71. The van der Waals surface area contributed by atoms with Gasteiger partial charge in [-0.15, -0.1) is 0 Å². The van der Waals surface area contributed by atoms with E-state index in [9.17, 15) is 81.4 Å². The van der Waals surface area contributed by atoms with E-state index in [0.717, 1.165) is 44.9 Å². The molecule has 0 bridgehead atoms. The van der Waals surface area contributed by atoms with Gasteiger partial charge >= 0.3 is 5.97 Å².